The average Bonchev–Trinajstić information content (AvgIpc) is 2.94. The van der Waals surface area contributed by atoms with E-state index in [2.05, 4.69) is 28.7 Å². The van der Waals surface area contributed by atoms with Gasteiger partial charge in [0.2, 0.25) is 5.91 Å². The second-order valence-corrected chi connectivity index (χ2v) is 8.89. The van der Waals surface area contributed by atoms with Crippen LogP contribution in [0.4, 0.5) is 5.82 Å². The van der Waals surface area contributed by atoms with Gasteiger partial charge in [0.05, 0.1) is 5.39 Å². The number of carbonyl (C=O) groups is 2. The van der Waals surface area contributed by atoms with E-state index in [1.54, 1.807) is 38.6 Å². The van der Waals surface area contributed by atoms with Crippen LogP contribution in [0.15, 0.2) is 6.33 Å². The molecule has 3 heterocycles. The molecule has 0 aliphatic carbocycles. The minimum atomic E-state index is -1.21. The molecule has 0 unspecified atom stereocenters. The summed E-state index contributed by atoms with van der Waals surface area (Å²) in [5, 5.41) is 10.5. The Morgan fingerprint density at radius 1 is 1.26 bits per heavy atom. The van der Waals surface area contributed by atoms with Crippen molar-refractivity contribution in [2.75, 3.05) is 25.0 Å². The number of carboxylic acids is 1. The molecule has 3 rings (SSSR count). The smallest absolute Gasteiger partial charge is 0.329 e. The van der Waals surface area contributed by atoms with Crippen LogP contribution < -0.4 is 4.90 Å². The van der Waals surface area contributed by atoms with Crippen molar-refractivity contribution in [3.63, 3.8) is 0 Å². The van der Waals surface area contributed by atoms with Gasteiger partial charge in [0, 0.05) is 30.9 Å². The minimum Gasteiger partial charge on any atom is -0.480 e. The number of fused-ring (bicyclic) bond motifs is 1. The van der Waals surface area contributed by atoms with Crippen molar-refractivity contribution < 1.29 is 14.7 Å². The lowest BCUT2D eigenvalue weighted by Gasteiger charge is -2.38. The van der Waals surface area contributed by atoms with E-state index in [0.717, 1.165) is 29.1 Å². The number of hydrogen-bond acceptors (Lipinski definition) is 6. The van der Waals surface area contributed by atoms with Gasteiger partial charge >= 0.3 is 5.97 Å². The van der Waals surface area contributed by atoms with Crippen LogP contribution in [-0.4, -0.2) is 57.5 Å². The van der Waals surface area contributed by atoms with E-state index >= 15 is 0 Å². The first-order valence-electron chi connectivity index (χ1n) is 9.11. The number of hydrogen-bond donors (Lipinski definition) is 1. The van der Waals surface area contributed by atoms with E-state index in [9.17, 15) is 14.7 Å². The van der Waals surface area contributed by atoms with Gasteiger partial charge in [-0.3, -0.25) is 4.79 Å². The van der Waals surface area contributed by atoms with Crippen LogP contribution in [0.1, 0.15) is 37.1 Å². The fourth-order valence-corrected chi connectivity index (χ4v) is 4.43. The Morgan fingerprint density at radius 3 is 2.48 bits per heavy atom. The summed E-state index contributed by atoms with van der Waals surface area (Å²) in [6.07, 6.45) is 2.98. The molecule has 1 saturated heterocycles. The molecule has 1 aliphatic heterocycles. The zero-order valence-electron chi connectivity index (χ0n) is 16.4. The third-order valence-corrected chi connectivity index (χ3v) is 6.90. The lowest BCUT2D eigenvalue weighted by atomic mass is 9.92. The third kappa shape index (κ3) is 3.38. The minimum absolute atomic E-state index is 0.0996. The summed E-state index contributed by atoms with van der Waals surface area (Å²) in [5.41, 5.74) is 0.00461. The lowest BCUT2D eigenvalue weighted by molar-refractivity contribution is -0.157. The number of carboxylic acid groups (broad SMARTS) is 1. The quantitative estimate of drug-likeness (QED) is 0.864. The van der Waals surface area contributed by atoms with Crippen molar-refractivity contribution in [3.8, 4) is 0 Å². The van der Waals surface area contributed by atoms with Crippen LogP contribution >= 0.6 is 11.3 Å². The summed E-state index contributed by atoms with van der Waals surface area (Å²) in [7, 11) is 1.58. The molecule has 0 saturated carbocycles. The predicted molar refractivity (Wildman–Crippen MR) is 106 cm³/mol. The highest BCUT2D eigenvalue weighted by atomic mass is 32.1. The van der Waals surface area contributed by atoms with Gasteiger partial charge in [-0.05, 0) is 46.1 Å². The topological polar surface area (TPSA) is 86.6 Å². The molecule has 0 atom stereocenters. The van der Waals surface area contributed by atoms with Crippen molar-refractivity contribution in [1.82, 2.24) is 14.9 Å². The van der Waals surface area contributed by atoms with Gasteiger partial charge in [-0.25, -0.2) is 14.8 Å². The Kier molecular flexibility index (Phi) is 5.12. The molecule has 1 amide bonds. The van der Waals surface area contributed by atoms with E-state index in [-0.39, 0.29) is 11.8 Å². The van der Waals surface area contributed by atoms with Crippen molar-refractivity contribution in [2.24, 2.45) is 5.92 Å². The van der Waals surface area contributed by atoms with Crippen molar-refractivity contribution in [2.45, 2.75) is 46.1 Å². The Morgan fingerprint density at radius 2 is 1.89 bits per heavy atom. The highest BCUT2D eigenvalue weighted by Gasteiger charge is 2.38. The first-order valence-corrected chi connectivity index (χ1v) is 9.93. The Balaban J connectivity index is 1.75. The number of aliphatic carboxylic acids is 1. The number of rotatable bonds is 4. The van der Waals surface area contributed by atoms with Gasteiger partial charge in [0.15, 0.2) is 0 Å². The molecular weight excluding hydrogens is 364 g/mol. The second-order valence-electron chi connectivity index (χ2n) is 7.68. The van der Waals surface area contributed by atoms with E-state index in [1.807, 2.05) is 0 Å². The number of nitrogens with zero attached hydrogens (tertiary/aromatic N) is 4. The van der Waals surface area contributed by atoms with Crippen LogP contribution in [0.25, 0.3) is 10.2 Å². The van der Waals surface area contributed by atoms with Gasteiger partial charge in [-0.2, -0.15) is 0 Å². The number of anilines is 1. The molecule has 2 aromatic rings. The molecule has 27 heavy (non-hydrogen) atoms. The highest BCUT2D eigenvalue weighted by molar-refractivity contribution is 7.18. The number of aryl methyl sites for hydroxylation is 2. The molecule has 1 fully saturated rings. The summed E-state index contributed by atoms with van der Waals surface area (Å²) in [6.45, 7) is 8.75. The summed E-state index contributed by atoms with van der Waals surface area (Å²) in [6, 6.07) is 0. The van der Waals surface area contributed by atoms with Gasteiger partial charge < -0.3 is 14.9 Å². The third-order valence-electron chi connectivity index (χ3n) is 5.78. The van der Waals surface area contributed by atoms with Crippen molar-refractivity contribution >= 4 is 39.2 Å². The summed E-state index contributed by atoms with van der Waals surface area (Å²) in [5.74, 6) is -0.320. The summed E-state index contributed by atoms with van der Waals surface area (Å²) >= 11 is 1.68. The maximum atomic E-state index is 12.8. The van der Waals surface area contributed by atoms with E-state index < -0.39 is 11.5 Å². The highest BCUT2D eigenvalue weighted by Crippen LogP contribution is 2.36. The average molecular weight is 391 g/mol. The number of amides is 1. The van der Waals surface area contributed by atoms with Crippen molar-refractivity contribution in [1.29, 1.82) is 0 Å². The van der Waals surface area contributed by atoms with Gasteiger partial charge in [-0.1, -0.05) is 0 Å². The van der Waals surface area contributed by atoms with Crippen LogP contribution in [0.5, 0.6) is 0 Å². The van der Waals surface area contributed by atoms with Crippen LogP contribution in [0.2, 0.25) is 0 Å². The first kappa shape index (κ1) is 19.5. The number of piperidine rings is 1. The van der Waals surface area contributed by atoms with Gasteiger partial charge in [0.1, 0.15) is 22.5 Å². The molecule has 146 valence electrons. The first-order chi connectivity index (χ1) is 12.6. The maximum absolute atomic E-state index is 12.8. The number of aromatic nitrogens is 2. The van der Waals surface area contributed by atoms with Crippen molar-refractivity contribution in [3.05, 3.63) is 16.8 Å². The molecule has 0 spiro atoms. The van der Waals surface area contributed by atoms with Crippen LogP contribution in [0.3, 0.4) is 0 Å². The Hall–Kier alpha value is -2.22. The molecule has 0 bridgehead atoms. The van der Waals surface area contributed by atoms with E-state index in [4.69, 9.17) is 0 Å². The normalized spacial score (nSPS) is 16.0. The molecule has 8 heteroatoms. The van der Waals surface area contributed by atoms with E-state index in [1.165, 1.54) is 15.3 Å². The molecule has 1 aliphatic rings. The Labute approximate surface area is 163 Å². The fraction of sp³-hybridized carbons (Fsp3) is 0.579. The molecule has 0 aromatic carbocycles. The number of carbonyl (C=O) groups excluding carboxylic acids is 1. The van der Waals surface area contributed by atoms with Crippen LogP contribution in [-0.2, 0) is 9.59 Å². The number of likely N-dealkylation sites (N-methyl/N-ethyl adjacent to an activating group) is 1. The fourth-order valence-electron chi connectivity index (χ4n) is 3.43. The predicted octanol–water partition coefficient (Wildman–Crippen LogP) is 2.85. The zero-order chi connectivity index (χ0) is 19.9. The second kappa shape index (κ2) is 7.07. The van der Waals surface area contributed by atoms with Gasteiger partial charge in [0.25, 0.3) is 0 Å². The molecular formula is C19H26N4O3S. The van der Waals surface area contributed by atoms with Gasteiger partial charge in [-0.15, -0.1) is 11.3 Å². The molecule has 2 aromatic heterocycles. The molecule has 7 nitrogen and oxygen atoms in total. The van der Waals surface area contributed by atoms with E-state index in [0.29, 0.717) is 12.8 Å². The maximum Gasteiger partial charge on any atom is 0.329 e. The Bertz CT molecular complexity index is 884. The zero-order valence-corrected chi connectivity index (χ0v) is 17.3. The number of thiophene rings is 1. The summed E-state index contributed by atoms with van der Waals surface area (Å²) in [4.78, 5) is 39.0. The molecule has 0 radical (unpaired) electrons. The summed E-state index contributed by atoms with van der Waals surface area (Å²) < 4.78 is 0. The largest absolute Gasteiger partial charge is 0.480 e. The van der Waals surface area contributed by atoms with Crippen LogP contribution in [0, 0.1) is 19.8 Å². The lowest BCUT2D eigenvalue weighted by Crippen LogP contribution is -2.53. The SMILES string of the molecule is Cc1sc2ncnc(N3CCC(C(=O)N(C)C(C)(C)C(=O)O)CC3)c2c1C. The molecule has 1 N–H and O–H groups in total. The monoisotopic (exact) mass is 390 g/mol. The standard InChI is InChI=1S/C19H26N4O3S/c1-11-12(2)27-16-14(11)15(20-10-21-16)23-8-6-13(7-9-23)17(24)22(5)19(3,4)18(25)26/h10,13H,6-9H2,1-5H3,(H,25,26).